The highest BCUT2D eigenvalue weighted by Crippen LogP contribution is 2.47. The zero-order chi connectivity index (χ0) is 29.2. The van der Waals surface area contributed by atoms with Crippen molar-refractivity contribution in [2.24, 2.45) is 5.41 Å². The van der Waals surface area contributed by atoms with Crippen LogP contribution in [-0.2, 0) is 42.5 Å². The number of nitrogens with zero attached hydrogens (tertiary/aromatic N) is 2. The zero-order valence-corrected chi connectivity index (χ0v) is 24.0. The van der Waals surface area contributed by atoms with Gasteiger partial charge in [0.25, 0.3) is 0 Å². The van der Waals surface area contributed by atoms with Crippen LogP contribution in [0.25, 0.3) is 0 Å². The van der Waals surface area contributed by atoms with Gasteiger partial charge in [-0.25, -0.2) is 13.4 Å². The van der Waals surface area contributed by atoms with Crippen molar-refractivity contribution in [3.8, 4) is 0 Å². The maximum Gasteiger partial charge on any atom is 0.244 e. The molecule has 2 N–H and O–H groups in total. The predicted molar refractivity (Wildman–Crippen MR) is 154 cm³/mol. The van der Waals surface area contributed by atoms with E-state index in [0.29, 0.717) is 42.8 Å². The lowest BCUT2D eigenvalue weighted by Gasteiger charge is -2.43. The molecule has 2 aromatic carbocycles. The second kappa shape index (κ2) is 9.51. The summed E-state index contributed by atoms with van der Waals surface area (Å²) in [6.45, 7) is 3.48. The summed E-state index contributed by atoms with van der Waals surface area (Å²) in [4.78, 5) is 46.0. The summed E-state index contributed by atoms with van der Waals surface area (Å²) in [6, 6.07) is 15.5. The van der Waals surface area contributed by atoms with Gasteiger partial charge in [0.15, 0.2) is 9.84 Å². The van der Waals surface area contributed by atoms with Gasteiger partial charge in [0.2, 0.25) is 17.7 Å². The molecule has 1 aromatic heterocycles. The number of piperidine rings is 1. The number of benzene rings is 2. The van der Waals surface area contributed by atoms with Crippen LogP contribution in [0.4, 0.5) is 11.5 Å². The van der Waals surface area contributed by atoms with Crippen molar-refractivity contribution in [3.05, 3.63) is 83.0 Å². The molecule has 0 saturated carbocycles. The lowest BCUT2D eigenvalue weighted by molar-refractivity contribution is -0.150. The van der Waals surface area contributed by atoms with E-state index in [4.69, 9.17) is 0 Å². The normalized spacial score (nSPS) is 22.8. The van der Waals surface area contributed by atoms with Crippen LogP contribution in [-0.4, -0.2) is 48.8 Å². The fraction of sp³-hybridized carbons (Fsp3) is 0.355. The second-order valence-electron chi connectivity index (χ2n) is 12.0. The van der Waals surface area contributed by atoms with E-state index in [9.17, 15) is 22.8 Å². The molecule has 3 aliphatic rings. The third-order valence-corrected chi connectivity index (χ3v) is 9.89. The van der Waals surface area contributed by atoms with Gasteiger partial charge in [-0.2, -0.15) is 0 Å². The molecule has 3 aromatic rings. The van der Waals surface area contributed by atoms with E-state index in [1.165, 1.54) is 4.90 Å². The van der Waals surface area contributed by atoms with Crippen molar-refractivity contribution in [2.75, 3.05) is 23.4 Å². The topological polar surface area (TPSA) is 126 Å². The number of aromatic nitrogens is 1. The van der Waals surface area contributed by atoms with Crippen LogP contribution in [0.2, 0.25) is 0 Å². The summed E-state index contributed by atoms with van der Waals surface area (Å²) in [7, 11) is -3.54. The maximum atomic E-state index is 13.6. The molecular weight excluding hydrogens is 540 g/mol. The van der Waals surface area contributed by atoms with Gasteiger partial charge >= 0.3 is 0 Å². The Kier molecular flexibility index (Phi) is 6.29. The van der Waals surface area contributed by atoms with Crippen LogP contribution >= 0.6 is 0 Å². The number of anilines is 2. The minimum atomic E-state index is -3.54. The van der Waals surface area contributed by atoms with E-state index in [-0.39, 0.29) is 29.2 Å². The standard InChI is InChI=1S/C31H32N4O5S/c1-30(2)13-12-24(22-7-4-5-9-25(22)41(3,39)40)35(29(30)38)18-26(36)33-21-11-10-19-16-31(17-20(19)15-21)23-8-6-14-32-27(23)34-28(31)37/h4-11,14-15,24H,12-13,16-18H2,1-3H3,(H,33,36)(H,32,34,37)/t24-,31?/m0/s1. The highest BCUT2D eigenvalue weighted by molar-refractivity contribution is 7.90. The van der Waals surface area contributed by atoms with Gasteiger partial charge in [-0.05, 0) is 66.6 Å². The van der Waals surface area contributed by atoms with E-state index in [2.05, 4.69) is 15.6 Å². The third kappa shape index (κ3) is 4.60. The summed E-state index contributed by atoms with van der Waals surface area (Å²) in [6.07, 6.45) is 4.98. The average molecular weight is 573 g/mol. The summed E-state index contributed by atoms with van der Waals surface area (Å²) >= 11 is 0. The van der Waals surface area contributed by atoms with Crippen LogP contribution in [0.3, 0.4) is 0 Å². The number of hydrogen-bond acceptors (Lipinski definition) is 6. The van der Waals surface area contributed by atoms with E-state index < -0.39 is 26.7 Å². The molecule has 1 unspecified atom stereocenters. The Bertz CT molecular complexity index is 1720. The van der Waals surface area contributed by atoms with E-state index in [1.54, 1.807) is 30.5 Å². The summed E-state index contributed by atoms with van der Waals surface area (Å²) < 4.78 is 25.1. The molecule has 1 saturated heterocycles. The number of carbonyl (C=O) groups is 3. The van der Waals surface area contributed by atoms with Gasteiger partial charge in [-0.15, -0.1) is 0 Å². The van der Waals surface area contributed by atoms with Crippen molar-refractivity contribution >= 4 is 39.1 Å². The van der Waals surface area contributed by atoms with Gasteiger partial charge in [0, 0.05) is 29.1 Å². The van der Waals surface area contributed by atoms with Gasteiger partial charge in [0.1, 0.15) is 12.4 Å². The summed E-state index contributed by atoms with van der Waals surface area (Å²) in [5.41, 5.74) is 2.63. The van der Waals surface area contributed by atoms with Crippen molar-refractivity contribution in [2.45, 2.75) is 55.9 Å². The van der Waals surface area contributed by atoms with Crippen LogP contribution in [0.5, 0.6) is 0 Å². The van der Waals surface area contributed by atoms with Crippen LogP contribution in [0.15, 0.2) is 65.7 Å². The van der Waals surface area contributed by atoms with E-state index in [1.807, 2.05) is 44.2 Å². The van der Waals surface area contributed by atoms with E-state index >= 15 is 0 Å². The Morgan fingerprint density at radius 2 is 1.83 bits per heavy atom. The number of nitrogens with one attached hydrogen (secondary N) is 2. The molecule has 2 atom stereocenters. The molecular formula is C31H32N4O5S. The first-order chi connectivity index (χ1) is 19.4. The molecule has 3 amide bonds. The summed E-state index contributed by atoms with van der Waals surface area (Å²) in [5.74, 6) is -0.0408. The maximum absolute atomic E-state index is 13.6. The fourth-order valence-corrected chi connectivity index (χ4v) is 7.55. The number of amides is 3. The first-order valence-electron chi connectivity index (χ1n) is 13.7. The first-order valence-corrected chi connectivity index (χ1v) is 15.6. The molecule has 9 nitrogen and oxygen atoms in total. The highest BCUT2D eigenvalue weighted by Gasteiger charge is 2.51. The number of sulfone groups is 1. The van der Waals surface area contributed by atoms with Gasteiger partial charge < -0.3 is 15.5 Å². The number of pyridine rings is 1. The van der Waals surface area contributed by atoms with Crippen molar-refractivity contribution in [1.82, 2.24) is 9.88 Å². The molecule has 0 radical (unpaired) electrons. The predicted octanol–water partition coefficient (Wildman–Crippen LogP) is 3.80. The van der Waals surface area contributed by atoms with Crippen molar-refractivity contribution in [3.63, 3.8) is 0 Å². The van der Waals surface area contributed by atoms with Gasteiger partial charge in [-0.1, -0.05) is 44.2 Å². The molecule has 1 spiro atoms. The Morgan fingerprint density at radius 1 is 1.07 bits per heavy atom. The Labute approximate surface area is 239 Å². The van der Waals surface area contributed by atoms with Gasteiger partial charge in [0.05, 0.1) is 16.4 Å². The molecule has 6 rings (SSSR count). The minimum absolute atomic E-state index is 0.0698. The molecule has 41 heavy (non-hydrogen) atoms. The lowest BCUT2D eigenvalue weighted by Crippen LogP contribution is -2.50. The first kappa shape index (κ1) is 27.1. The highest BCUT2D eigenvalue weighted by atomic mass is 32.2. The Balaban J connectivity index is 1.24. The quantitative estimate of drug-likeness (QED) is 0.479. The lowest BCUT2D eigenvalue weighted by atomic mass is 9.78. The van der Waals surface area contributed by atoms with Crippen molar-refractivity contribution < 1.29 is 22.8 Å². The Morgan fingerprint density at radius 3 is 2.61 bits per heavy atom. The number of likely N-dealkylation sites (tertiary alicyclic amines) is 1. The molecule has 3 heterocycles. The SMILES string of the molecule is CC1(C)CC[C@@H](c2ccccc2S(C)(=O)=O)N(CC(=O)Nc2ccc3c(c2)CC2(C3)C(=O)Nc3ncccc32)C1=O. The number of carbonyl (C=O) groups excluding carboxylic acids is 3. The number of fused-ring (bicyclic) bond motifs is 3. The van der Waals surface area contributed by atoms with Crippen molar-refractivity contribution in [1.29, 1.82) is 0 Å². The third-order valence-electron chi connectivity index (χ3n) is 8.71. The fourth-order valence-electron chi connectivity index (χ4n) is 6.59. The van der Waals surface area contributed by atoms with Crippen LogP contribution < -0.4 is 10.6 Å². The number of hydrogen-bond donors (Lipinski definition) is 2. The molecule has 2 aliphatic heterocycles. The molecule has 10 heteroatoms. The zero-order valence-electron chi connectivity index (χ0n) is 23.2. The van der Waals surface area contributed by atoms with Gasteiger partial charge in [-0.3, -0.25) is 14.4 Å². The van der Waals surface area contributed by atoms with Crippen LogP contribution in [0.1, 0.15) is 55.0 Å². The minimum Gasteiger partial charge on any atom is -0.326 e. The second-order valence-corrected chi connectivity index (χ2v) is 14.0. The average Bonchev–Trinajstić information content (AvgIpc) is 3.43. The smallest absolute Gasteiger partial charge is 0.244 e. The van der Waals surface area contributed by atoms with E-state index in [0.717, 1.165) is 22.9 Å². The molecule has 212 valence electrons. The number of rotatable bonds is 5. The Hall–Kier alpha value is -4.05. The van der Waals surface area contributed by atoms with Crippen LogP contribution in [0, 0.1) is 5.41 Å². The molecule has 1 fully saturated rings. The summed E-state index contributed by atoms with van der Waals surface area (Å²) in [5, 5.41) is 5.83. The molecule has 0 bridgehead atoms. The largest absolute Gasteiger partial charge is 0.326 e. The monoisotopic (exact) mass is 572 g/mol. The molecule has 1 aliphatic carbocycles.